The summed E-state index contributed by atoms with van der Waals surface area (Å²) in [7, 11) is 0. The van der Waals surface area contributed by atoms with Crippen molar-refractivity contribution in [3.63, 3.8) is 0 Å². The molecule has 3 aromatic rings. The fourth-order valence-electron chi connectivity index (χ4n) is 5.18. The van der Waals surface area contributed by atoms with E-state index in [1.165, 1.54) is 37.2 Å². The SMILES string of the molecule is O=C(NC(c1ccccc1)c1ccccc1)OC1CCN(Cc2ccc(N3CCCC3)cc2)CC1. The first-order valence-electron chi connectivity index (χ1n) is 12.9. The van der Waals surface area contributed by atoms with E-state index in [1.807, 2.05) is 60.7 Å². The molecule has 0 radical (unpaired) electrons. The molecule has 5 rings (SSSR count). The molecule has 2 saturated heterocycles. The van der Waals surface area contributed by atoms with E-state index in [1.54, 1.807) is 0 Å². The number of nitrogens with one attached hydrogen (secondary N) is 1. The van der Waals surface area contributed by atoms with E-state index >= 15 is 0 Å². The van der Waals surface area contributed by atoms with Crippen LogP contribution in [0.15, 0.2) is 84.9 Å². The smallest absolute Gasteiger partial charge is 0.408 e. The van der Waals surface area contributed by atoms with Gasteiger partial charge in [0.1, 0.15) is 6.10 Å². The average Bonchev–Trinajstić information content (AvgIpc) is 3.45. The number of ether oxygens (including phenoxy) is 1. The molecule has 2 aliphatic rings. The molecular weight excluding hydrogens is 434 g/mol. The van der Waals surface area contributed by atoms with Gasteiger partial charge >= 0.3 is 6.09 Å². The number of piperidine rings is 1. The minimum Gasteiger partial charge on any atom is -0.446 e. The number of likely N-dealkylation sites (tertiary alicyclic amines) is 1. The Morgan fingerprint density at radius 1 is 0.800 bits per heavy atom. The predicted molar refractivity (Wildman–Crippen MR) is 141 cm³/mol. The number of rotatable bonds is 7. The minimum atomic E-state index is -0.348. The third kappa shape index (κ3) is 6.23. The average molecular weight is 470 g/mol. The van der Waals surface area contributed by atoms with Gasteiger partial charge in [-0.15, -0.1) is 0 Å². The second-order valence-corrected chi connectivity index (χ2v) is 9.64. The highest BCUT2D eigenvalue weighted by Crippen LogP contribution is 2.24. The molecule has 0 aromatic heterocycles. The van der Waals surface area contributed by atoms with Crippen LogP contribution in [0.1, 0.15) is 48.4 Å². The van der Waals surface area contributed by atoms with Crippen molar-refractivity contribution in [3.05, 3.63) is 102 Å². The lowest BCUT2D eigenvalue weighted by molar-refractivity contribution is 0.0476. The van der Waals surface area contributed by atoms with Gasteiger partial charge in [-0.25, -0.2) is 4.79 Å². The Morgan fingerprint density at radius 3 is 1.94 bits per heavy atom. The molecule has 5 nitrogen and oxygen atoms in total. The van der Waals surface area contributed by atoms with Crippen molar-refractivity contribution in [2.75, 3.05) is 31.1 Å². The highest BCUT2D eigenvalue weighted by molar-refractivity contribution is 5.69. The van der Waals surface area contributed by atoms with Gasteiger partial charge < -0.3 is 15.0 Å². The maximum atomic E-state index is 12.8. The molecule has 2 fully saturated rings. The van der Waals surface area contributed by atoms with Gasteiger partial charge in [0.25, 0.3) is 0 Å². The number of hydrogen-bond donors (Lipinski definition) is 1. The van der Waals surface area contributed by atoms with Gasteiger partial charge in [-0.3, -0.25) is 4.90 Å². The van der Waals surface area contributed by atoms with Crippen LogP contribution >= 0.6 is 0 Å². The number of carbonyl (C=O) groups is 1. The Morgan fingerprint density at radius 2 is 1.37 bits per heavy atom. The van der Waals surface area contributed by atoms with E-state index in [0.29, 0.717) is 0 Å². The Kier molecular flexibility index (Phi) is 7.64. The lowest BCUT2D eigenvalue weighted by Gasteiger charge is -2.32. The second kappa shape index (κ2) is 11.4. The molecule has 35 heavy (non-hydrogen) atoms. The third-order valence-corrected chi connectivity index (χ3v) is 7.15. The monoisotopic (exact) mass is 469 g/mol. The van der Waals surface area contributed by atoms with Crippen LogP contribution in [-0.4, -0.2) is 43.3 Å². The predicted octanol–water partition coefficient (Wildman–Crippen LogP) is 5.77. The minimum absolute atomic E-state index is 0.0454. The number of alkyl carbamates (subject to hydrolysis) is 1. The molecule has 5 heteroatoms. The quantitative estimate of drug-likeness (QED) is 0.477. The second-order valence-electron chi connectivity index (χ2n) is 9.64. The third-order valence-electron chi connectivity index (χ3n) is 7.15. The van der Waals surface area contributed by atoms with Crippen molar-refractivity contribution >= 4 is 11.8 Å². The summed E-state index contributed by atoms with van der Waals surface area (Å²) < 4.78 is 5.85. The standard InChI is InChI=1S/C30H35N3O2/c34-30(31-29(25-9-3-1-4-10-25)26-11-5-2-6-12-26)35-28-17-21-32(22-18-28)23-24-13-15-27(16-14-24)33-19-7-8-20-33/h1-6,9-16,28-29H,7-8,17-23H2,(H,31,34). The molecule has 1 amide bonds. The fraction of sp³-hybridized carbons (Fsp3) is 0.367. The molecule has 2 aliphatic heterocycles. The largest absolute Gasteiger partial charge is 0.446 e. The van der Waals surface area contributed by atoms with Crippen LogP contribution in [0.4, 0.5) is 10.5 Å². The zero-order valence-corrected chi connectivity index (χ0v) is 20.3. The van der Waals surface area contributed by atoms with Crippen LogP contribution in [-0.2, 0) is 11.3 Å². The van der Waals surface area contributed by atoms with Gasteiger partial charge in [-0.2, -0.15) is 0 Å². The van der Waals surface area contributed by atoms with Crippen molar-refractivity contribution < 1.29 is 9.53 Å². The van der Waals surface area contributed by atoms with Crippen LogP contribution in [0, 0.1) is 0 Å². The van der Waals surface area contributed by atoms with E-state index in [9.17, 15) is 4.79 Å². The summed E-state index contributed by atoms with van der Waals surface area (Å²) in [4.78, 5) is 17.8. The highest BCUT2D eigenvalue weighted by Gasteiger charge is 2.24. The van der Waals surface area contributed by atoms with E-state index in [0.717, 1.165) is 43.6 Å². The molecule has 2 heterocycles. The Bertz CT molecular complexity index is 1020. The first-order chi connectivity index (χ1) is 17.2. The Hall–Kier alpha value is -3.31. The van der Waals surface area contributed by atoms with Crippen molar-refractivity contribution in [2.45, 2.75) is 44.4 Å². The summed E-state index contributed by atoms with van der Waals surface area (Å²) in [5.74, 6) is 0. The zero-order chi connectivity index (χ0) is 23.9. The molecule has 3 aromatic carbocycles. The normalized spacial score (nSPS) is 17.0. The summed E-state index contributed by atoms with van der Waals surface area (Å²) in [6, 6.07) is 28.9. The summed E-state index contributed by atoms with van der Waals surface area (Å²) in [5, 5.41) is 3.10. The van der Waals surface area contributed by atoms with Gasteiger partial charge in [0.2, 0.25) is 0 Å². The number of benzene rings is 3. The van der Waals surface area contributed by atoms with E-state index in [2.05, 4.69) is 39.4 Å². The van der Waals surface area contributed by atoms with E-state index < -0.39 is 0 Å². The summed E-state index contributed by atoms with van der Waals surface area (Å²) in [6.07, 6.45) is 3.93. The number of hydrogen-bond acceptors (Lipinski definition) is 4. The lowest BCUT2D eigenvalue weighted by atomic mass is 9.99. The first-order valence-corrected chi connectivity index (χ1v) is 12.9. The van der Waals surface area contributed by atoms with Crippen LogP contribution in [0.3, 0.4) is 0 Å². The van der Waals surface area contributed by atoms with Gasteiger partial charge in [0.15, 0.2) is 0 Å². The topological polar surface area (TPSA) is 44.8 Å². The van der Waals surface area contributed by atoms with Crippen molar-refractivity contribution in [3.8, 4) is 0 Å². The van der Waals surface area contributed by atoms with Crippen molar-refractivity contribution in [2.24, 2.45) is 0 Å². The maximum absolute atomic E-state index is 12.8. The van der Waals surface area contributed by atoms with Crippen LogP contribution in [0.25, 0.3) is 0 Å². The molecule has 0 spiro atoms. The molecule has 0 saturated carbocycles. The van der Waals surface area contributed by atoms with Gasteiger partial charge in [0, 0.05) is 38.4 Å². The molecule has 1 N–H and O–H groups in total. The van der Waals surface area contributed by atoms with Gasteiger partial charge in [-0.05, 0) is 54.5 Å². The van der Waals surface area contributed by atoms with E-state index in [-0.39, 0.29) is 18.2 Å². The van der Waals surface area contributed by atoms with E-state index in [4.69, 9.17) is 4.74 Å². The number of amides is 1. The molecule has 0 atom stereocenters. The van der Waals surface area contributed by atoms with Crippen LogP contribution in [0.5, 0.6) is 0 Å². The number of nitrogens with zero attached hydrogens (tertiary/aromatic N) is 2. The molecule has 182 valence electrons. The number of carbonyl (C=O) groups excluding carboxylic acids is 1. The van der Waals surface area contributed by atoms with Crippen molar-refractivity contribution in [1.29, 1.82) is 0 Å². The van der Waals surface area contributed by atoms with Gasteiger partial charge in [0.05, 0.1) is 6.04 Å². The first kappa shape index (κ1) is 23.4. The molecule has 0 aliphatic carbocycles. The Labute approximate surface area is 208 Å². The highest BCUT2D eigenvalue weighted by atomic mass is 16.6. The molecule has 0 unspecified atom stereocenters. The lowest BCUT2D eigenvalue weighted by Crippen LogP contribution is -2.40. The molecule has 0 bridgehead atoms. The summed E-state index contributed by atoms with van der Waals surface area (Å²) >= 11 is 0. The van der Waals surface area contributed by atoms with Crippen LogP contribution in [0.2, 0.25) is 0 Å². The fourth-order valence-corrected chi connectivity index (χ4v) is 5.18. The summed E-state index contributed by atoms with van der Waals surface area (Å²) in [6.45, 7) is 5.18. The maximum Gasteiger partial charge on any atom is 0.408 e. The van der Waals surface area contributed by atoms with Crippen molar-refractivity contribution in [1.82, 2.24) is 10.2 Å². The number of anilines is 1. The van der Waals surface area contributed by atoms with Gasteiger partial charge in [-0.1, -0.05) is 72.8 Å². The molecular formula is C30H35N3O2. The van der Waals surface area contributed by atoms with Crippen LogP contribution < -0.4 is 10.2 Å². The Balaban J connectivity index is 1.11. The summed E-state index contributed by atoms with van der Waals surface area (Å²) in [5.41, 5.74) is 4.77. The zero-order valence-electron chi connectivity index (χ0n) is 20.3.